The van der Waals surface area contributed by atoms with Crippen LogP contribution in [0.15, 0.2) is 28.0 Å². The molecule has 0 N–H and O–H groups in total. The molecule has 0 aliphatic rings. The van der Waals surface area contributed by atoms with Crippen LogP contribution in [0, 0.1) is 0 Å². The number of hydrogen-bond donors (Lipinski definition) is 2. The molecule has 0 radical (unpaired) electrons. The molecule has 0 aromatic carbocycles. The Hall–Kier alpha value is -0.350. The van der Waals surface area contributed by atoms with Gasteiger partial charge in [-0.1, -0.05) is 12.8 Å². The molecule has 2 nitrogen and oxygen atoms in total. The minimum absolute atomic E-state index is 0.191. The molecule has 0 atom stereocenters. The summed E-state index contributed by atoms with van der Waals surface area (Å²) in [6.07, 6.45) is 1.56. The normalized spacial score (nSPS) is 9.56. The number of aromatic nitrogens is 1. The van der Waals surface area contributed by atoms with Crippen LogP contribution in [-0.4, -0.2) is 3.97 Å². The second-order valence-electron chi connectivity index (χ2n) is 1.54. The molecule has 0 fully saturated rings. The van der Waals surface area contributed by atoms with Gasteiger partial charge in [0.15, 0.2) is 0 Å². The Morgan fingerprint density at radius 2 is 2.22 bits per heavy atom. The summed E-state index contributed by atoms with van der Waals surface area (Å²) in [4.78, 5) is 11.2. The van der Waals surface area contributed by atoms with E-state index in [1.54, 1.807) is 18.3 Å². The van der Waals surface area contributed by atoms with Crippen LogP contribution in [0.5, 0.6) is 0 Å². The van der Waals surface area contributed by atoms with Gasteiger partial charge in [0.1, 0.15) is 0 Å². The molecule has 0 bridgehead atoms. The van der Waals surface area contributed by atoms with Crippen molar-refractivity contribution < 1.29 is 0 Å². The first kappa shape index (κ1) is 6.77. The van der Waals surface area contributed by atoms with E-state index in [0.29, 0.717) is 4.90 Å². The van der Waals surface area contributed by atoms with Crippen LogP contribution >= 0.6 is 25.4 Å². The average Bonchev–Trinajstić information content (AvgIpc) is 1.83. The van der Waals surface area contributed by atoms with Gasteiger partial charge in [-0.25, -0.2) is 0 Å². The molecule has 1 aromatic rings. The third-order valence-electron chi connectivity index (χ3n) is 0.909. The van der Waals surface area contributed by atoms with Crippen LogP contribution in [-0.2, 0) is 0 Å². The molecule has 0 saturated heterocycles. The second kappa shape index (κ2) is 2.49. The minimum atomic E-state index is -0.191. The molecular formula is C5H5NOS2. The molecule has 0 unspecified atom stereocenters. The Morgan fingerprint density at radius 3 is 2.67 bits per heavy atom. The van der Waals surface area contributed by atoms with Gasteiger partial charge in [0.05, 0.1) is 4.90 Å². The maximum Gasteiger partial charge on any atom is 0.273 e. The fourth-order valence-electron chi connectivity index (χ4n) is 0.472. The molecule has 0 spiro atoms. The first-order chi connectivity index (χ1) is 4.22. The SMILES string of the molecule is O=c1c(S)cccn1S. The van der Waals surface area contributed by atoms with Gasteiger partial charge in [0, 0.05) is 6.20 Å². The zero-order valence-corrected chi connectivity index (χ0v) is 6.27. The van der Waals surface area contributed by atoms with Crippen molar-refractivity contribution in [1.82, 2.24) is 3.97 Å². The lowest BCUT2D eigenvalue weighted by Gasteiger charge is -1.92. The van der Waals surface area contributed by atoms with Crippen molar-refractivity contribution in [3.05, 3.63) is 28.7 Å². The molecule has 4 heteroatoms. The molecule has 1 heterocycles. The average molecular weight is 159 g/mol. The number of nitrogens with zero attached hydrogens (tertiary/aromatic N) is 1. The second-order valence-corrected chi connectivity index (χ2v) is 2.46. The van der Waals surface area contributed by atoms with Crippen LogP contribution in [0.4, 0.5) is 0 Å². The Bertz CT molecular complexity index is 245. The van der Waals surface area contributed by atoms with Crippen molar-refractivity contribution >= 4 is 25.4 Å². The van der Waals surface area contributed by atoms with E-state index >= 15 is 0 Å². The van der Waals surface area contributed by atoms with Gasteiger partial charge in [0.25, 0.3) is 5.56 Å². The summed E-state index contributed by atoms with van der Waals surface area (Å²) >= 11 is 7.71. The van der Waals surface area contributed by atoms with Gasteiger partial charge in [-0.2, -0.15) is 0 Å². The molecular weight excluding hydrogens is 154 g/mol. The van der Waals surface area contributed by atoms with Crippen molar-refractivity contribution in [2.75, 3.05) is 0 Å². The van der Waals surface area contributed by atoms with E-state index in [-0.39, 0.29) is 5.56 Å². The summed E-state index contributed by atoms with van der Waals surface area (Å²) in [6, 6.07) is 3.33. The standard InChI is InChI=1S/C5H5NOS2/c7-5-4(8)2-1-3-6(5)9/h1-3,8-9H. The first-order valence-corrected chi connectivity index (χ1v) is 3.16. The van der Waals surface area contributed by atoms with Crippen LogP contribution in [0.3, 0.4) is 0 Å². The maximum absolute atomic E-state index is 10.8. The van der Waals surface area contributed by atoms with E-state index in [9.17, 15) is 4.79 Å². The summed E-state index contributed by atoms with van der Waals surface area (Å²) in [7, 11) is 0. The predicted octanol–water partition coefficient (Wildman–Crippen LogP) is 0.830. The summed E-state index contributed by atoms with van der Waals surface area (Å²) in [5.74, 6) is 0. The Morgan fingerprint density at radius 1 is 1.56 bits per heavy atom. The molecule has 9 heavy (non-hydrogen) atoms. The summed E-state index contributed by atoms with van der Waals surface area (Å²) in [5, 5.41) is 0. The fraction of sp³-hybridized carbons (Fsp3) is 0. The van der Waals surface area contributed by atoms with Crippen molar-refractivity contribution in [2.45, 2.75) is 4.90 Å². The van der Waals surface area contributed by atoms with Gasteiger partial charge in [0.2, 0.25) is 0 Å². The third kappa shape index (κ3) is 1.31. The van der Waals surface area contributed by atoms with E-state index in [1.165, 1.54) is 3.97 Å². The molecule has 48 valence electrons. The molecule has 0 saturated carbocycles. The minimum Gasteiger partial charge on any atom is -0.267 e. The van der Waals surface area contributed by atoms with E-state index < -0.39 is 0 Å². The van der Waals surface area contributed by atoms with Crippen LogP contribution in [0.25, 0.3) is 0 Å². The largest absolute Gasteiger partial charge is 0.273 e. The summed E-state index contributed by atoms with van der Waals surface area (Å²) in [5.41, 5.74) is -0.191. The van der Waals surface area contributed by atoms with Gasteiger partial charge < -0.3 is 0 Å². The van der Waals surface area contributed by atoms with E-state index in [4.69, 9.17) is 0 Å². The highest BCUT2D eigenvalue weighted by atomic mass is 32.1. The van der Waals surface area contributed by atoms with Gasteiger partial charge in [-0.15, -0.1) is 12.6 Å². The number of thiol groups is 2. The highest BCUT2D eigenvalue weighted by Crippen LogP contribution is 1.95. The number of pyridine rings is 1. The molecule has 1 aromatic heterocycles. The lowest BCUT2D eigenvalue weighted by molar-refractivity contribution is 1.09. The summed E-state index contributed by atoms with van der Waals surface area (Å²) < 4.78 is 1.18. The lowest BCUT2D eigenvalue weighted by Crippen LogP contribution is -2.11. The van der Waals surface area contributed by atoms with Crippen molar-refractivity contribution in [3.63, 3.8) is 0 Å². The molecule has 0 amide bonds. The third-order valence-corrected chi connectivity index (χ3v) is 1.56. The van der Waals surface area contributed by atoms with Crippen molar-refractivity contribution in [3.8, 4) is 0 Å². The van der Waals surface area contributed by atoms with Crippen LogP contribution in [0.1, 0.15) is 0 Å². The molecule has 1 rings (SSSR count). The smallest absolute Gasteiger partial charge is 0.267 e. The fourth-order valence-corrected chi connectivity index (χ4v) is 0.929. The Kier molecular flexibility index (Phi) is 1.87. The molecule has 0 aliphatic carbocycles. The molecule has 0 aliphatic heterocycles. The Labute approximate surface area is 63.5 Å². The predicted molar refractivity (Wildman–Crippen MR) is 42.3 cm³/mol. The van der Waals surface area contributed by atoms with Crippen molar-refractivity contribution in [2.24, 2.45) is 0 Å². The van der Waals surface area contributed by atoms with E-state index in [1.807, 2.05) is 0 Å². The zero-order chi connectivity index (χ0) is 6.85. The van der Waals surface area contributed by atoms with Crippen LogP contribution in [0.2, 0.25) is 0 Å². The van der Waals surface area contributed by atoms with Gasteiger partial charge >= 0.3 is 0 Å². The quantitative estimate of drug-likeness (QED) is 0.538. The highest BCUT2D eigenvalue weighted by molar-refractivity contribution is 7.80. The van der Waals surface area contributed by atoms with Crippen LogP contribution < -0.4 is 5.56 Å². The first-order valence-electron chi connectivity index (χ1n) is 2.31. The highest BCUT2D eigenvalue weighted by Gasteiger charge is 1.91. The van der Waals surface area contributed by atoms with Gasteiger partial charge in [-0.3, -0.25) is 8.77 Å². The van der Waals surface area contributed by atoms with E-state index in [2.05, 4.69) is 25.4 Å². The topological polar surface area (TPSA) is 22.0 Å². The van der Waals surface area contributed by atoms with Crippen molar-refractivity contribution in [1.29, 1.82) is 0 Å². The zero-order valence-electron chi connectivity index (χ0n) is 4.48. The monoisotopic (exact) mass is 159 g/mol. The number of hydrogen-bond acceptors (Lipinski definition) is 3. The Balaban J connectivity index is 3.43. The maximum atomic E-state index is 10.8. The van der Waals surface area contributed by atoms with E-state index in [0.717, 1.165) is 0 Å². The summed E-state index contributed by atoms with van der Waals surface area (Å²) in [6.45, 7) is 0. The van der Waals surface area contributed by atoms with Gasteiger partial charge in [-0.05, 0) is 12.1 Å². The number of rotatable bonds is 0. The lowest BCUT2D eigenvalue weighted by atomic mass is 10.5.